The third-order valence-corrected chi connectivity index (χ3v) is 3.10. The molecule has 0 aromatic rings. The summed E-state index contributed by atoms with van der Waals surface area (Å²) in [6.07, 6.45) is 18.3. The normalized spacial score (nSPS) is 10.8. The zero-order chi connectivity index (χ0) is 11.2. The SMILES string of the molecule is [CH2-]CCCCCCCCCCCCCC. The number of rotatable bonds is 12. The highest BCUT2D eigenvalue weighted by Gasteiger charge is 1.91. The molecule has 0 N–H and O–H groups in total. The molecular formula is C15H31-. The van der Waals surface area contributed by atoms with Crippen LogP contribution in [0.4, 0.5) is 0 Å². The summed E-state index contributed by atoms with van der Waals surface area (Å²) in [6, 6.07) is 0. The van der Waals surface area contributed by atoms with Crippen molar-refractivity contribution in [1.82, 2.24) is 0 Å². The van der Waals surface area contributed by atoms with E-state index in [1.165, 1.54) is 77.0 Å². The second-order valence-electron chi connectivity index (χ2n) is 4.74. The lowest BCUT2D eigenvalue weighted by molar-refractivity contribution is 0.545. The van der Waals surface area contributed by atoms with Gasteiger partial charge in [0.05, 0.1) is 0 Å². The molecule has 0 aromatic heterocycles. The number of hydrogen-bond donors (Lipinski definition) is 0. The molecule has 0 rings (SSSR count). The molecule has 0 radical (unpaired) electrons. The number of hydrogen-bond acceptors (Lipinski definition) is 0. The lowest BCUT2D eigenvalue weighted by atomic mass is 10.1. The minimum Gasteiger partial charge on any atom is -0.343 e. The van der Waals surface area contributed by atoms with E-state index >= 15 is 0 Å². The fraction of sp³-hybridized carbons (Fsp3) is 0.933. The molecule has 0 aliphatic rings. The Kier molecular flexibility index (Phi) is 14.0. The molecule has 0 bridgehead atoms. The van der Waals surface area contributed by atoms with Gasteiger partial charge in [0, 0.05) is 0 Å². The molecular weight excluding hydrogens is 180 g/mol. The minimum atomic E-state index is 1.12. The molecule has 0 nitrogen and oxygen atoms in total. The Morgan fingerprint density at radius 2 is 0.867 bits per heavy atom. The summed E-state index contributed by atoms with van der Waals surface area (Å²) in [5.74, 6) is 0. The van der Waals surface area contributed by atoms with Crippen LogP contribution in [0.15, 0.2) is 0 Å². The van der Waals surface area contributed by atoms with Crippen LogP contribution in [0.25, 0.3) is 0 Å². The van der Waals surface area contributed by atoms with Crippen molar-refractivity contribution in [3.8, 4) is 0 Å². The summed E-state index contributed by atoms with van der Waals surface area (Å²) >= 11 is 0. The summed E-state index contributed by atoms with van der Waals surface area (Å²) < 4.78 is 0. The second kappa shape index (κ2) is 14.0. The van der Waals surface area contributed by atoms with Crippen molar-refractivity contribution in [2.75, 3.05) is 0 Å². The Balaban J connectivity index is 2.81. The van der Waals surface area contributed by atoms with Crippen LogP contribution >= 0.6 is 0 Å². The quantitative estimate of drug-likeness (QED) is 0.278. The van der Waals surface area contributed by atoms with Crippen LogP contribution < -0.4 is 0 Å². The highest BCUT2D eigenvalue weighted by molar-refractivity contribution is 4.48. The third-order valence-electron chi connectivity index (χ3n) is 3.10. The first-order valence-corrected chi connectivity index (χ1v) is 7.21. The Hall–Kier alpha value is 0. The van der Waals surface area contributed by atoms with Gasteiger partial charge >= 0.3 is 0 Å². The van der Waals surface area contributed by atoms with Crippen LogP contribution in [0.1, 0.15) is 90.4 Å². The van der Waals surface area contributed by atoms with E-state index in [4.69, 9.17) is 0 Å². The van der Waals surface area contributed by atoms with E-state index < -0.39 is 0 Å². The van der Waals surface area contributed by atoms with Gasteiger partial charge in [-0.15, -0.1) is 0 Å². The van der Waals surface area contributed by atoms with Gasteiger partial charge in [0.2, 0.25) is 0 Å². The van der Waals surface area contributed by atoms with Crippen molar-refractivity contribution < 1.29 is 0 Å². The summed E-state index contributed by atoms with van der Waals surface area (Å²) in [5.41, 5.74) is 0. The van der Waals surface area contributed by atoms with E-state index in [9.17, 15) is 0 Å². The van der Waals surface area contributed by atoms with Gasteiger partial charge in [-0.2, -0.15) is 6.42 Å². The first-order valence-electron chi connectivity index (χ1n) is 7.21. The Labute approximate surface area is 97.8 Å². The Morgan fingerprint density at radius 3 is 1.20 bits per heavy atom. The molecule has 0 amide bonds. The maximum Gasteiger partial charge on any atom is -0.0533 e. The topological polar surface area (TPSA) is 0 Å². The standard InChI is InChI=1S/C15H31/c1-3-5-7-9-11-13-15-14-12-10-8-6-4-2/h1,3-15H2,2H3/q-1. The smallest absolute Gasteiger partial charge is 0.0533 e. The van der Waals surface area contributed by atoms with Crippen molar-refractivity contribution in [2.24, 2.45) is 0 Å². The zero-order valence-corrected chi connectivity index (χ0v) is 10.9. The van der Waals surface area contributed by atoms with Crippen LogP contribution in [0, 0.1) is 6.92 Å². The van der Waals surface area contributed by atoms with E-state index in [0.717, 1.165) is 6.42 Å². The summed E-state index contributed by atoms with van der Waals surface area (Å²) in [7, 11) is 0. The molecule has 0 saturated carbocycles. The molecule has 0 heterocycles. The maximum atomic E-state index is 3.87. The second-order valence-corrected chi connectivity index (χ2v) is 4.74. The Morgan fingerprint density at radius 1 is 0.533 bits per heavy atom. The summed E-state index contributed by atoms with van der Waals surface area (Å²) in [5, 5.41) is 0. The predicted octanol–water partition coefficient (Wildman–Crippen LogP) is 5.91. The molecule has 0 unspecified atom stereocenters. The molecule has 0 aliphatic carbocycles. The Bertz CT molecular complexity index is 84.2. The van der Waals surface area contributed by atoms with Crippen LogP contribution in [0.3, 0.4) is 0 Å². The summed E-state index contributed by atoms with van der Waals surface area (Å²) in [6.45, 7) is 6.15. The molecule has 15 heavy (non-hydrogen) atoms. The highest BCUT2D eigenvalue weighted by atomic mass is 14.0. The minimum absolute atomic E-state index is 1.12. The fourth-order valence-electron chi connectivity index (χ4n) is 2.02. The molecule has 0 atom stereocenters. The van der Waals surface area contributed by atoms with Gasteiger partial charge < -0.3 is 6.92 Å². The van der Waals surface area contributed by atoms with Crippen LogP contribution in [-0.2, 0) is 0 Å². The third kappa shape index (κ3) is 14.0. The molecule has 0 aliphatic heterocycles. The van der Waals surface area contributed by atoms with E-state index in [0.29, 0.717) is 0 Å². The largest absolute Gasteiger partial charge is 0.343 e. The van der Waals surface area contributed by atoms with Gasteiger partial charge in [0.15, 0.2) is 0 Å². The lowest BCUT2D eigenvalue weighted by Crippen LogP contribution is -1.82. The monoisotopic (exact) mass is 211 g/mol. The van der Waals surface area contributed by atoms with Crippen molar-refractivity contribution in [3.05, 3.63) is 6.92 Å². The first-order chi connectivity index (χ1) is 7.41. The van der Waals surface area contributed by atoms with Crippen molar-refractivity contribution >= 4 is 0 Å². The molecule has 0 aromatic carbocycles. The van der Waals surface area contributed by atoms with Crippen molar-refractivity contribution in [1.29, 1.82) is 0 Å². The maximum absolute atomic E-state index is 3.87. The van der Waals surface area contributed by atoms with E-state index in [1.54, 1.807) is 0 Å². The summed E-state index contributed by atoms with van der Waals surface area (Å²) in [4.78, 5) is 0. The van der Waals surface area contributed by atoms with Gasteiger partial charge in [-0.05, 0) is 0 Å². The van der Waals surface area contributed by atoms with Crippen molar-refractivity contribution in [2.45, 2.75) is 90.4 Å². The lowest BCUT2D eigenvalue weighted by Gasteiger charge is -2.02. The van der Waals surface area contributed by atoms with Crippen LogP contribution in [0.5, 0.6) is 0 Å². The zero-order valence-electron chi connectivity index (χ0n) is 10.9. The van der Waals surface area contributed by atoms with Gasteiger partial charge in [-0.1, -0.05) is 84.0 Å². The van der Waals surface area contributed by atoms with E-state index in [-0.39, 0.29) is 0 Å². The molecule has 0 heteroatoms. The van der Waals surface area contributed by atoms with Crippen LogP contribution in [-0.4, -0.2) is 0 Å². The molecule has 0 spiro atoms. The van der Waals surface area contributed by atoms with Gasteiger partial charge in [-0.3, -0.25) is 0 Å². The van der Waals surface area contributed by atoms with Crippen molar-refractivity contribution in [3.63, 3.8) is 0 Å². The van der Waals surface area contributed by atoms with Gasteiger partial charge in [-0.25, -0.2) is 0 Å². The first kappa shape index (κ1) is 15.0. The average molecular weight is 211 g/mol. The van der Waals surface area contributed by atoms with E-state index in [1.807, 2.05) is 0 Å². The van der Waals surface area contributed by atoms with Gasteiger partial charge in [0.1, 0.15) is 0 Å². The van der Waals surface area contributed by atoms with Gasteiger partial charge in [0.25, 0.3) is 0 Å². The fourth-order valence-corrected chi connectivity index (χ4v) is 2.02. The predicted molar refractivity (Wildman–Crippen MR) is 71.1 cm³/mol. The van der Waals surface area contributed by atoms with Crippen LogP contribution in [0.2, 0.25) is 0 Å². The molecule has 0 saturated heterocycles. The molecule has 92 valence electrons. The average Bonchev–Trinajstić information content (AvgIpc) is 2.26. The molecule has 0 fully saturated rings. The highest BCUT2D eigenvalue weighted by Crippen LogP contribution is 2.12. The number of unbranched alkanes of at least 4 members (excludes halogenated alkanes) is 12. The van der Waals surface area contributed by atoms with E-state index in [2.05, 4.69) is 13.8 Å².